The Morgan fingerprint density at radius 2 is 1.88 bits per heavy atom. The van der Waals surface area contributed by atoms with Gasteiger partial charge in [-0.25, -0.2) is 4.98 Å². The lowest BCUT2D eigenvalue weighted by Crippen LogP contribution is -2.29. The van der Waals surface area contributed by atoms with Gasteiger partial charge in [0.05, 0.1) is 16.8 Å². The van der Waals surface area contributed by atoms with Crippen LogP contribution >= 0.6 is 23.2 Å². The summed E-state index contributed by atoms with van der Waals surface area (Å²) in [5.41, 5.74) is 2.14. The first kappa shape index (κ1) is 22.1. The molecule has 0 spiro atoms. The molecule has 4 rings (SSSR count). The average molecular weight is 467 g/mol. The number of hydrogen-bond donors (Lipinski definition) is 1. The quantitative estimate of drug-likeness (QED) is 0.394. The number of carbonyl (C=O) groups excluding carboxylic acids is 2. The van der Waals surface area contributed by atoms with E-state index in [9.17, 15) is 14.9 Å². The highest BCUT2D eigenvalue weighted by Crippen LogP contribution is 2.29. The van der Waals surface area contributed by atoms with E-state index in [2.05, 4.69) is 14.9 Å². The molecule has 0 saturated carbocycles. The molecule has 3 aromatic rings. The second-order valence-corrected chi connectivity index (χ2v) is 8.44. The number of aromatic nitrogens is 2. The summed E-state index contributed by atoms with van der Waals surface area (Å²) in [7, 11) is 0. The Balaban J connectivity index is 1.69. The molecule has 1 N–H and O–H groups in total. The van der Waals surface area contributed by atoms with Gasteiger partial charge in [0, 0.05) is 22.8 Å². The molecule has 1 aliphatic rings. The summed E-state index contributed by atoms with van der Waals surface area (Å²) in [6.07, 6.45) is 3.61. The van der Waals surface area contributed by atoms with Crippen molar-refractivity contribution in [2.75, 3.05) is 5.32 Å². The molecule has 2 aromatic carbocycles. The monoisotopic (exact) mass is 466 g/mol. The maximum Gasteiger partial charge on any atom is 0.249 e. The van der Waals surface area contributed by atoms with Crippen LogP contribution in [0.15, 0.2) is 48.5 Å². The van der Waals surface area contributed by atoms with Crippen LogP contribution in [0.5, 0.6) is 0 Å². The molecule has 1 amide bonds. The van der Waals surface area contributed by atoms with Crippen LogP contribution in [-0.4, -0.2) is 21.2 Å². The number of nitrogens with zero attached hydrogens (tertiary/aromatic N) is 3. The van der Waals surface area contributed by atoms with Crippen molar-refractivity contribution in [3.63, 3.8) is 0 Å². The van der Waals surface area contributed by atoms with Gasteiger partial charge >= 0.3 is 0 Å². The summed E-state index contributed by atoms with van der Waals surface area (Å²) >= 11 is 12.0. The predicted octanol–water partition coefficient (Wildman–Crippen LogP) is 5.54. The molecule has 0 saturated heterocycles. The van der Waals surface area contributed by atoms with Gasteiger partial charge in [-0.3, -0.25) is 9.59 Å². The summed E-state index contributed by atoms with van der Waals surface area (Å²) in [4.78, 5) is 30.8. The van der Waals surface area contributed by atoms with E-state index in [0.717, 1.165) is 37.1 Å². The summed E-state index contributed by atoms with van der Waals surface area (Å²) in [6.45, 7) is 0.740. The van der Waals surface area contributed by atoms with Crippen LogP contribution in [0.2, 0.25) is 10.0 Å². The topological polar surface area (TPSA) is 87.8 Å². The number of anilines is 1. The van der Waals surface area contributed by atoms with Gasteiger partial charge in [-0.15, -0.1) is 0 Å². The predicted molar refractivity (Wildman–Crippen MR) is 124 cm³/mol. The minimum atomic E-state index is -1.55. The van der Waals surface area contributed by atoms with Crippen LogP contribution in [0.25, 0.3) is 11.4 Å². The molecule has 1 aromatic heterocycles. The zero-order valence-electron chi connectivity index (χ0n) is 17.1. The first-order chi connectivity index (χ1) is 15.5. The molecule has 0 aliphatic carbocycles. The lowest BCUT2D eigenvalue weighted by molar-refractivity contribution is -0.117. The maximum atomic E-state index is 13.4. The molecule has 0 fully saturated rings. The Bertz CT molecular complexity index is 1210. The van der Waals surface area contributed by atoms with E-state index in [4.69, 9.17) is 23.2 Å². The lowest BCUT2D eigenvalue weighted by atomic mass is 9.99. The number of benzene rings is 2. The van der Waals surface area contributed by atoms with Crippen LogP contribution in [0.4, 0.5) is 5.69 Å². The summed E-state index contributed by atoms with van der Waals surface area (Å²) < 4.78 is 2.05. The number of amides is 1. The highest BCUT2D eigenvalue weighted by atomic mass is 35.5. The number of carbonyl (C=O) groups is 2. The Labute approximate surface area is 195 Å². The smallest absolute Gasteiger partial charge is 0.249 e. The fourth-order valence-corrected chi connectivity index (χ4v) is 4.35. The molecule has 1 atom stereocenters. The van der Waals surface area contributed by atoms with Gasteiger partial charge in [-0.05, 0) is 37.5 Å². The first-order valence-electron chi connectivity index (χ1n) is 10.3. The summed E-state index contributed by atoms with van der Waals surface area (Å²) in [5.74, 6) is -2.22. The van der Waals surface area contributed by atoms with E-state index in [1.807, 2.05) is 36.4 Å². The number of nitriles is 1. The van der Waals surface area contributed by atoms with Gasteiger partial charge in [-0.1, -0.05) is 60.0 Å². The van der Waals surface area contributed by atoms with Crippen molar-refractivity contribution in [2.24, 2.45) is 5.92 Å². The summed E-state index contributed by atoms with van der Waals surface area (Å²) in [5, 5.41) is 12.9. The van der Waals surface area contributed by atoms with E-state index in [1.54, 1.807) is 6.07 Å². The molecule has 162 valence electrons. The second kappa shape index (κ2) is 9.56. The molecule has 8 heteroatoms. The number of fused-ring (bicyclic) bond motifs is 1. The van der Waals surface area contributed by atoms with Crippen molar-refractivity contribution >= 4 is 40.6 Å². The fraction of sp³-hybridized carbons (Fsp3) is 0.250. The minimum absolute atomic E-state index is 0.189. The first-order valence-corrected chi connectivity index (χ1v) is 11.1. The van der Waals surface area contributed by atoms with Gasteiger partial charge in [0.15, 0.2) is 5.92 Å². The number of nitrogens with one attached hydrogen (secondary N) is 1. The number of rotatable bonds is 5. The van der Waals surface area contributed by atoms with Crippen molar-refractivity contribution in [3.05, 3.63) is 70.0 Å². The molecule has 0 radical (unpaired) electrons. The molecule has 32 heavy (non-hydrogen) atoms. The number of Topliss-reactive ketones (excluding diaryl/α,β-unsaturated/α-hetero) is 1. The largest absolute Gasteiger partial charge is 0.327 e. The van der Waals surface area contributed by atoms with E-state index in [-0.39, 0.29) is 16.4 Å². The third-order valence-corrected chi connectivity index (χ3v) is 6.02. The molecule has 1 unspecified atom stereocenters. The molecule has 2 heterocycles. The highest BCUT2D eigenvalue weighted by Gasteiger charge is 2.33. The minimum Gasteiger partial charge on any atom is -0.327 e. The Hall–Kier alpha value is -3.14. The number of imidazole rings is 1. The van der Waals surface area contributed by atoms with Crippen LogP contribution in [0.1, 0.15) is 35.4 Å². The summed E-state index contributed by atoms with van der Waals surface area (Å²) in [6, 6.07) is 16.0. The number of halogens is 2. The normalized spacial score (nSPS) is 14.0. The van der Waals surface area contributed by atoms with Crippen molar-refractivity contribution < 1.29 is 9.59 Å². The Morgan fingerprint density at radius 3 is 2.59 bits per heavy atom. The maximum absolute atomic E-state index is 13.4. The van der Waals surface area contributed by atoms with E-state index in [1.165, 1.54) is 12.1 Å². The molecule has 6 nitrogen and oxygen atoms in total. The van der Waals surface area contributed by atoms with Crippen molar-refractivity contribution in [2.45, 2.75) is 32.2 Å². The van der Waals surface area contributed by atoms with Crippen molar-refractivity contribution in [1.29, 1.82) is 5.26 Å². The van der Waals surface area contributed by atoms with E-state index < -0.39 is 17.6 Å². The zero-order valence-corrected chi connectivity index (χ0v) is 18.7. The molecule has 1 aliphatic heterocycles. The van der Waals surface area contributed by atoms with Crippen molar-refractivity contribution in [3.8, 4) is 17.5 Å². The van der Waals surface area contributed by atoms with Gasteiger partial charge in [-0.2, -0.15) is 5.26 Å². The SMILES string of the molecule is N#CC(C(=O)Nc1ccc(Cl)cc1Cl)C(=O)c1nc(-c2ccccc2)n2c1CCCCC2. The third kappa shape index (κ3) is 4.40. The Kier molecular flexibility index (Phi) is 6.59. The number of ketones is 1. The van der Waals surface area contributed by atoms with Crippen LogP contribution in [0.3, 0.4) is 0 Å². The van der Waals surface area contributed by atoms with Crippen LogP contribution in [-0.2, 0) is 17.8 Å². The fourth-order valence-electron chi connectivity index (χ4n) is 3.89. The van der Waals surface area contributed by atoms with E-state index >= 15 is 0 Å². The zero-order chi connectivity index (χ0) is 22.7. The lowest BCUT2D eigenvalue weighted by Gasteiger charge is -2.11. The molecular formula is C24H20Cl2N4O2. The average Bonchev–Trinajstić information content (AvgIpc) is 2.97. The standard InChI is InChI=1S/C24H20Cl2N4O2/c25-16-10-11-19(18(26)13-16)28-24(32)17(14-27)22(31)21-20-9-5-2-6-12-30(20)23(29-21)15-7-3-1-4-8-15/h1,3-4,7-8,10-11,13,17H,2,5-6,9,12H2,(H,28,32). The van der Waals surface area contributed by atoms with Gasteiger partial charge in [0.1, 0.15) is 11.5 Å². The molecule has 0 bridgehead atoms. The second-order valence-electron chi connectivity index (χ2n) is 7.60. The number of hydrogen-bond acceptors (Lipinski definition) is 4. The third-order valence-electron chi connectivity index (χ3n) is 5.48. The van der Waals surface area contributed by atoms with Gasteiger partial charge in [0.2, 0.25) is 11.7 Å². The highest BCUT2D eigenvalue weighted by molar-refractivity contribution is 6.36. The molecular weight excluding hydrogens is 447 g/mol. The van der Waals surface area contributed by atoms with Gasteiger partial charge in [0.25, 0.3) is 0 Å². The van der Waals surface area contributed by atoms with Crippen molar-refractivity contribution in [1.82, 2.24) is 9.55 Å². The van der Waals surface area contributed by atoms with Crippen LogP contribution < -0.4 is 5.32 Å². The van der Waals surface area contributed by atoms with Gasteiger partial charge < -0.3 is 9.88 Å². The van der Waals surface area contributed by atoms with Crippen LogP contribution in [0, 0.1) is 17.2 Å². The Morgan fingerprint density at radius 1 is 1.09 bits per heavy atom. The van der Waals surface area contributed by atoms with E-state index in [0.29, 0.717) is 17.3 Å².